The molecule has 6 heterocycles. The Balaban J connectivity index is 0.000000181. The van der Waals surface area contributed by atoms with Gasteiger partial charge in [-0.3, -0.25) is 28.5 Å². The van der Waals surface area contributed by atoms with Crippen molar-refractivity contribution >= 4 is 73.7 Å². The highest BCUT2D eigenvalue weighted by Gasteiger charge is 2.45. The molecule has 0 bridgehead atoms. The Labute approximate surface area is 454 Å². The number of amides is 4. The SMILES string of the molecule is CC(F)(F)C(=O)N[C@H]1CC(=O)NC1c1ccccc1.CN.COc1ccc(Cn2ncc3cc(I)ccc32)cn1.COc1ccc(Cn2ncc3cc(N4C(=O)C[C@H](NC(=O)C(C)(F)F)[C@H]4c4ccccc4)ccc32)cn1. The fraction of sp³-hybridized carbons (Fsp3) is 0.273. The average Bonchev–Trinajstić information content (AvgIpc) is 4.21. The quantitative estimate of drug-likeness (QED) is 0.0639. The number of halogens is 5. The van der Waals surface area contributed by atoms with Crippen LogP contribution in [-0.2, 0) is 32.3 Å². The molecule has 77 heavy (non-hydrogen) atoms. The van der Waals surface area contributed by atoms with Gasteiger partial charge in [-0.2, -0.15) is 27.8 Å². The van der Waals surface area contributed by atoms with Gasteiger partial charge in [0.2, 0.25) is 23.6 Å². The van der Waals surface area contributed by atoms with Crippen LogP contribution in [0.2, 0.25) is 0 Å². The van der Waals surface area contributed by atoms with Crippen molar-refractivity contribution in [3.63, 3.8) is 0 Å². The van der Waals surface area contributed by atoms with Crippen LogP contribution in [-0.4, -0.2) is 98.4 Å². The molecule has 4 amide bonds. The van der Waals surface area contributed by atoms with Crippen LogP contribution in [0.15, 0.2) is 146 Å². The molecule has 0 radical (unpaired) electrons. The number of hydrogen-bond donors (Lipinski definition) is 4. The lowest BCUT2D eigenvalue weighted by Crippen LogP contribution is -2.46. The number of alkyl halides is 4. The smallest absolute Gasteiger partial charge is 0.321 e. The number of methoxy groups -OCH3 is 2. The number of anilines is 1. The molecule has 1 unspecified atom stereocenters. The largest absolute Gasteiger partial charge is 0.481 e. The molecule has 4 aromatic heterocycles. The van der Waals surface area contributed by atoms with E-state index in [0.717, 1.165) is 44.1 Å². The molecule has 2 fully saturated rings. The Kier molecular flexibility index (Phi) is 18.6. The first-order chi connectivity index (χ1) is 36.9. The number of rotatable bonds is 13. The van der Waals surface area contributed by atoms with E-state index in [-0.39, 0.29) is 24.7 Å². The number of benzene rings is 4. The van der Waals surface area contributed by atoms with Crippen LogP contribution < -0.4 is 36.1 Å². The predicted octanol–water partition coefficient (Wildman–Crippen LogP) is 8.16. The van der Waals surface area contributed by atoms with Crippen molar-refractivity contribution in [2.24, 2.45) is 5.73 Å². The summed E-state index contributed by atoms with van der Waals surface area (Å²) in [7, 11) is 4.67. The van der Waals surface area contributed by atoms with E-state index >= 15 is 0 Å². The maximum Gasteiger partial charge on any atom is 0.321 e. The van der Waals surface area contributed by atoms with Gasteiger partial charge in [0, 0.05) is 71.2 Å². The Bertz CT molecular complexity index is 3280. The maximum absolute atomic E-state index is 13.7. The zero-order valence-electron chi connectivity index (χ0n) is 42.5. The van der Waals surface area contributed by atoms with E-state index in [1.54, 1.807) is 67.9 Å². The molecule has 8 aromatic rings. The van der Waals surface area contributed by atoms with Crippen molar-refractivity contribution in [3.05, 3.63) is 172 Å². The number of nitrogens with one attached hydrogen (secondary N) is 3. The van der Waals surface area contributed by atoms with Gasteiger partial charge in [-0.05, 0) is 88.3 Å². The lowest BCUT2D eigenvalue weighted by molar-refractivity contribution is -0.144. The predicted molar refractivity (Wildman–Crippen MR) is 290 cm³/mol. The molecule has 22 heteroatoms. The number of aromatic nitrogens is 6. The molecular weight excluding hydrogens is 1110 g/mol. The monoisotopic (exact) mass is 1170 g/mol. The first-order valence-electron chi connectivity index (χ1n) is 24.1. The summed E-state index contributed by atoms with van der Waals surface area (Å²) < 4.78 is 68.3. The van der Waals surface area contributed by atoms with Crippen molar-refractivity contribution < 1.29 is 46.2 Å². The van der Waals surface area contributed by atoms with E-state index in [1.807, 2.05) is 88.5 Å². The van der Waals surface area contributed by atoms with Gasteiger partial charge in [-0.1, -0.05) is 72.8 Å². The van der Waals surface area contributed by atoms with E-state index in [0.29, 0.717) is 44.4 Å². The molecular formula is C55H56F4IN11O6. The number of nitrogens with zero attached hydrogens (tertiary/aromatic N) is 7. The summed E-state index contributed by atoms with van der Waals surface area (Å²) >= 11 is 2.31. The second kappa shape index (κ2) is 25.2. The molecule has 2 aliphatic rings. The number of fused-ring (bicyclic) bond motifs is 2. The Morgan fingerprint density at radius 3 is 1.65 bits per heavy atom. The standard InChI is InChI=1S/C27H25F2N5O3.C14H12IN3O.C13H14F2N2O2.CH5N/c1-27(28,29)26(36)32-21-13-24(35)34(25(21)18-6-4-3-5-7-18)20-9-10-22-19(12-20)15-31-33(22)16-17-8-11-23(37-2)30-14-17;1-19-14-5-2-10(7-16-14)9-18-13-4-3-12(15)6-11(13)8-17-18;1-13(14,15)12(19)16-9-7-10(18)17-11(9)8-5-3-2-4-6-8;1-2/h3-12,14-15,21,25H,13,16H2,1-2H3,(H,32,36);2-8H,9H2,1H3;2-6,9,11H,7H2,1H3,(H,16,19)(H,17,18);2H2,1H3/t21-,25+;;9-,11?;/m0.0./s1. The van der Waals surface area contributed by atoms with Crippen molar-refractivity contribution in [2.75, 3.05) is 26.2 Å². The van der Waals surface area contributed by atoms with Gasteiger partial charge in [0.05, 0.1) is 74.9 Å². The zero-order chi connectivity index (χ0) is 55.4. The molecule has 0 saturated carbocycles. The highest BCUT2D eigenvalue weighted by Crippen LogP contribution is 2.39. The fourth-order valence-electron chi connectivity index (χ4n) is 8.68. The van der Waals surface area contributed by atoms with Crippen molar-refractivity contribution in [2.45, 2.75) is 75.8 Å². The first-order valence-corrected chi connectivity index (χ1v) is 25.2. The summed E-state index contributed by atoms with van der Waals surface area (Å²) in [5, 5.41) is 18.2. The molecule has 5 N–H and O–H groups in total. The molecule has 2 aliphatic heterocycles. The Morgan fingerprint density at radius 2 is 1.16 bits per heavy atom. The van der Waals surface area contributed by atoms with Crippen LogP contribution in [0.3, 0.4) is 0 Å². The lowest BCUT2D eigenvalue weighted by Gasteiger charge is -2.29. The summed E-state index contributed by atoms with van der Waals surface area (Å²) in [6, 6.07) is 34.8. The highest BCUT2D eigenvalue weighted by atomic mass is 127. The van der Waals surface area contributed by atoms with E-state index in [9.17, 15) is 36.7 Å². The molecule has 4 atom stereocenters. The van der Waals surface area contributed by atoms with Crippen molar-refractivity contribution in [3.8, 4) is 11.8 Å². The van der Waals surface area contributed by atoms with Crippen LogP contribution in [0.1, 0.15) is 61.0 Å². The molecule has 2 saturated heterocycles. The van der Waals surface area contributed by atoms with Crippen LogP contribution >= 0.6 is 22.6 Å². The van der Waals surface area contributed by atoms with Crippen LogP contribution in [0, 0.1) is 3.57 Å². The Morgan fingerprint density at radius 1 is 0.662 bits per heavy atom. The van der Waals surface area contributed by atoms with Crippen molar-refractivity contribution in [1.29, 1.82) is 0 Å². The van der Waals surface area contributed by atoms with Gasteiger partial charge < -0.3 is 36.1 Å². The van der Waals surface area contributed by atoms with Gasteiger partial charge in [0.15, 0.2) is 0 Å². The molecule has 402 valence electrons. The number of carbonyl (C=O) groups is 4. The van der Waals surface area contributed by atoms with E-state index in [4.69, 9.17) is 9.47 Å². The minimum Gasteiger partial charge on any atom is -0.481 e. The normalized spacial score (nSPS) is 17.0. The number of pyridine rings is 2. The number of nitrogens with two attached hydrogens (primary N) is 1. The third kappa shape index (κ3) is 14.3. The summed E-state index contributed by atoms with van der Waals surface area (Å²) in [6.45, 7) is 2.28. The molecule has 17 nitrogen and oxygen atoms in total. The molecule has 10 rings (SSSR count). The third-order valence-electron chi connectivity index (χ3n) is 12.4. The third-order valence-corrected chi connectivity index (χ3v) is 13.0. The van der Waals surface area contributed by atoms with Crippen LogP contribution in [0.4, 0.5) is 23.2 Å². The zero-order valence-corrected chi connectivity index (χ0v) is 44.7. The van der Waals surface area contributed by atoms with Gasteiger partial charge >= 0.3 is 11.8 Å². The topological polar surface area (TPSA) is 214 Å². The van der Waals surface area contributed by atoms with Gasteiger partial charge in [-0.15, -0.1) is 0 Å². The van der Waals surface area contributed by atoms with Gasteiger partial charge in [0.25, 0.3) is 11.8 Å². The minimum atomic E-state index is -3.55. The first kappa shape index (κ1) is 56.7. The molecule has 0 aliphatic carbocycles. The van der Waals surface area contributed by atoms with E-state index < -0.39 is 47.8 Å². The molecule has 0 spiro atoms. The number of hydrogen-bond acceptors (Lipinski definition) is 11. The molecule has 4 aromatic carbocycles. The van der Waals surface area contributed by atoms with E-state index in [2.05, 4.69) is 82.6 Å². The number of ether oxygens (including phenoxy) is 2. The minimum absolute atomic E-state index is 0.00137. The van der Waals surface area contributed by atoms with Gasteiger partial charge in [0.1, 0.15) is 0 Å². The highest BCUT2D eigenvalue weighted by molar-refractivity contribution is 14.1. The van der Waals surface area contributed by atoms with E-state index in [1.165, 1.54) is 10.6 Å². The number of carbonyl (C=O) groups excluding carboxylic acids is 4. The fourth-order valence-corrected chi connectivity index (χ4v) is 9.20. The average molecular weight is 1170 g/mol. The second-order valence-electron chi connectivity index (χ2n) is 17.9. The second-order valence-corrected chi connectivity index (χ2v) is 19.1. The van der Waals surface area contributed by atoms with Crippen molar-refractivity contribution in [1.82, 2.24) is 45.5 Å². The summed E-state index contributed by atoms with van der Waals surface area (Å²) in [4.78, 5) is 58.0. The lowest BCUT2D eigenvalue weighted by atomic mass is 9.99. The summed E-state index contributed by atoms with van der Waals surface area (Å²) in [5.74, 6) is -9.15. The maximum atomic E-state index is 13.7. The summed E-state index contributed by atoms with van der Waals surface area (Å²) in [6.07, 6.45) is 7.06. The van der Waals surface area contributed by atoms with Gasteiger partial charge in [-0.25, -0.2) is 9.97 Å². The van der Waals surface area contributed by atoms with Crippen LogP contribution in [0.25, 0.3) is 21.8 Å². The van der Waals surface area contributed by atoms with Crippen LogP contribution in [0.5, 0.6) is 11.8 Å². The Hall–Kier alpha value is -7.99. The summed E-state index contributed by atoms with van der Waals surface area (Å²) in [5.41, 5.74) is 10.6.